The monoisotopic (exact) mass is 433 g/mol. The number of pyridine rings is 1. The highest BCUT2D eigenvalue weighted by Gasteiger charge is 2.25. The lowest BCUT2D eigenvalue weighted by atomic mass is 10.1. The zero-order valence-corrected chi connectivity index (χ0v) is 15.7. The number of imidazole rings is 1. The van der Waals surface area contributed by atoms with Crippen LogP contribution in [0.1, 0.15) is 23.2 Å². The molecule has 1 fully saturated rings. The quantitative estimate of drug-likeness (QED) is 0.583. The van der Waals surface area contributed by atoms with Gasteiger partial charge in [-0.3, -0.25) is 4.79 Å². The number of likely N-dealkylation sites (tertiary alicyclic amines) is 1. The Hall–Kier alpha value is -2.88. The molecule has 2 amide bonds. The van der Waals surface area contributed by atoms with Crippen LogP contribution < -0.4 is 5.32 Å². The standard InChI is InChI=1S/C17H16BrN5O4/c18-12-4-3-11(27-12)14-21-13-10(5-6-19-15(13)22-14)16(24)20-9-2-1-7-23(8-9)17(25)26/h3-6,9H,1-2,7-8H2,(H,20,24)(H,25,26)(H,19,21,22). The van der Waals surface area contributed by atoms with Crippen molar-refractivity contribution in [3.63, 3.8) is 0 Å². The molecule has 0 spiro atoms. The summed E-state index contributed by atoms with van der Waals surface area (Å²) in [5, 5.41) is 12.1. The first-order chi connectivity index (χ1) is 13.0. The summed E-state index contributed by atoms with van der Waals surface area (Å²) >= 11 is 3.25. The van der Waals surface area contributed by atoms with Gasteiger partial charge in [0.25, 0.3) is 5.91 Å². The number of nitrogens with zero attached hydrogens (tertiary/aromatic N) is 3. The fourth-order valence-corrected chi connectivity index (χ4v) is 3.50. The van der Waals surface area contributed by atoms with Gasteiger partial charge >= 0.3 is 6.09 Å². The molecule has 0 aliphatic carbocycles. The number of fused-ring (bicyclic) bond motifs is 1. The van der Waals surface area contributed by atoms with Gasteiger partial charge in [0.1, 0.15) is 0 Å². The Labute approximate surface area is 161 Å². The van der Waals surface area contributed by atoms with Gasteiger partial charge in [-0.15, -0.1) is 0 Å². The van der Waals surface area contributed by atoms with E-state index in [4.69, 9.17) is 9.52 Å². The summed E-state index contributed by atoms with van der Waals surface area (Å²) in [6.45, 7) is 0.772. The molecule has 0 saturated carbocycles. The van der Waals surface area contributed by atoms with E-state index in [0.29, 0.717) is 45.9 Å². The van der Waals surface area contributed by atoms with Gasteiger partial charge in [0.05, 0.1) is 11.1 Å². The number of carbonyl (C=O) groups excluding carboxylic acids is 1. The Balaban J connectivity index is 1.58. The number of aromatic amines is 1. The number of rotatable bonds is 3. The minimum absolute atomic E-state index is 0.228. The van der Waals surface area contributed by atoms with Gasteiger partial charge < -0.3 is 24.7 Å². The van der Waals surface area contributed by atoms with E-state index in [1.54, 1.807) is 18.2 Å². The number of furan rings is 1. The molecule has 3 aromatic heterocycles. The van der Waals surface area contributed by atoms with Gasteiger partial charge in [-0.2, -0.15) is 0 Å². The highest BCUT2D eigenvalue weighted by atomic mass is 79.9. The Kier molecular flexibility index (Phi) is 4.56. The second-order valence-electron chi connectivity index (χ2n) is 6.29. The average molecular weight is 434 g/mol. The highest BCUT2D eigenvalue weighted by molar-refractivity contribution is 9.10. The molecule has 0 bridgehead atoms. The molecule has 1 aliphatic rings. The molecule has 1 aliphatic heterocycles. The maximum atomic E-state index is 12.8. The van der Waals surface area contributed by atoms with Crippen molar-refractivity contribution in [2.75, 3.05) is 13.1 Å². The van der Waals surface area contributed by atoms with Crippen LogP contribution in [0.5, 0.6) is 0 Å². The maximum absolute atomic E-state index is 12.8. The van der Waals surface area contributed by atoms with E-state index in [0.717, 1.165) is 6.42 Å². The van der Waals surface area contributed by atoms with Crippen LogP contribution in [0.25, 0.3) is 22.7 Å². The molecule has 1 unspecified atom stereocenters. The smallest absolute Gasteiger partial charge is 0.407 e. The zero-order valence-electron chi connectivity index (χ0n) is 14.1. The van der Waals surface area contributed by atoms with Crippen LogP contribution in [0.15, 0.2) is 33.5 Å². The van der Waals surface area contributed by atoms with E-state index >= 15 is 0 Å². The first kappa shape index (κ1) is 17.5. The van der Waals surface area contributed by atoms with Gasteiger partial charge in [-0.25, -0.2) is 14.8 Å². The summed E-state index contributed by atoms with van der Waals surface area (Å²) in [4.78, 5) is 36.9. The van der Waals surface area contributed by atoms with Gasteiger partial charge in [0.2, 0.25) is 0 Å². The Bertz CT molecular complexity index is 1010. The van der Waals surface area contributed by atoms with Crippen LogP contribution in [-0.4, -0.2) is 56.1 Å². The zero-order chi connectivity index (χ0) is 19.0. The number of amides is 2. The number of hydrogen-bond acceptors (Lipinski definition) is 5. The third-order valence-electron chi connectivity index (χ3n) is 4.47. The van der Waals surface area contributed by atoms with Crippen LogP contribution in [0.3, 0.4) is 0 Å². The van der Waals surface area contributed by atoms with Crippen molar-refractivity contribution in [2.45, 2.75) is 18.9 Å². The molecule has 3 N–H and O–H groups in total. The van der Waals surface area contributed by atoms with Crippen LogP contribution >= 0.6 is 15.9 Å². The Morgan fingerprint density at radius 2 is 2.22 bits per heavy atom. The fourth-order valence-electron chi connectivity index (χ4n) is 3.19. The minimum atomic E-state index is -0.969. The van der Waals surface area contributed by atoms with Crippen molar-refractivity contribution in [1.82, 2.24) is 25.2 Å². The van der Waals surface area contributed by atoms with Crippen molar-refractivity contribution < 1.29 is 19.1 Å². The highest BCUT2D eigenvalue weighted by Crippen LogP contribution is 2.25. The molecule has 9 nitrogen and oxygen atoms in total. The third kappa shape index (κ3) is 3.52. The SMILES string of the molecule is O=C(NC1CCCN(C(=O)O)C1)c1ccnc2nc(-c3ccc(Br)o3)[nH]c12. The second-order valence-corrected chi connectivity index (χ2v) is 7.07. The molecular formula is C17H16BrN5O4. The van der Waals surface area contributed by atoms with Crippen LogP contribution in [0, 0.1) is 0 Å². The summed E-state index contributed by atoms with van der Waals surface area (Å²) < 4.78 is 6.06. The molecule has 0 radical (unpaired) electrons. The number of hydrogen-bond donors (Lipinski definition) is 3. The third-order valence-corrected chi connectivity index (χ3v) is 4.90. The Morgan fingerprint density at radius 3 is 2.96 bits per heavy atom. The van der Waals surface area contributed by atoms with Crippen LogP contribution in [-0.2, 0) is 0 Å². The molecule has 3 aromatic rings. The van der Waals surface area contributed by atoms with Crippen molar-refractivity contribution in [1.29, 1.82) is 0 Å². The predicted molar refractivity (Wildman–Crippen MR) is 99.4 cm³/mol. The van der Waals surface area contributed by atoms with E-state index in [9.17, 15) is 9.59 Å². The van der Waals surface area contributed by atoms with Crippen LogP contribution in [0.2, 0.25) is 0 Å². The number of aromatic nitrogens is 3. The number of carbonyl (C=O) groups is 2. The molecule has 4 rings (SSSR count). The van der Waals surface area contributed by atoms with E-state index in [1.165, 1.54) is 11.1 Å². The van der Waals surface area contributed by atoms with Crippen molar-refractivity contribution in [2.24, 2.45) is 0 Å². The molecule has 10 heteroatoms. The number of piperidine rings is 1. The first-order valence-corrected chi connectivity index (χ1v) is 9.20. The van der Waals surface area contributed by atoms with Crippen molar-refractivity contribution >= 4 is 39.1 Å². The first-order valence-electron chi connectivity index (χ1n) is 8.40. The largest absolute Gasteiger partial charge is 0.465 e. The summed E-state index contributed by atoms with van der Waals surface area (Å²) in [7, 11) is 0. The number of halogens is 1. The average Bonchev–Trinajstić information content (AvgIpc) is 3.27. The summed E-state index contributed by atoms with van der Waals surface area (Å²) in [6.07, 6.45) is 2.00. The summed E-state index contributed by atoms with van der Waals surface area (Å²) in [5.74, 6) is 0.698. The van der Waals surface area contributed by atoms with E-state index < -0.39 is 6.09 Å². The Morgan fingerprint density at radius 1 is 1.37 bits per heavy atom. The molecular weight excluding hydrogens is 418 g/mol. The van der Waals surface area contributed by atoms with Gasteiger partial charge in [-0.1, -0.05) is 0 Å². The van der Waals surface area contributed by atoms with E-state index in [1.807, 2.05) is 0 Å². The lowest BCUT2D eigenvalue weighted by Gasteiger charge is -2.31. The summed E-state index contributed by atoms with van der Waals surface area (Å²) in [6, 6.07) is 4.88. The normalized spacial score (nSPS) is 17.2. The number of carboxylic acid groups (broad SMARTS) is 1. The van der Waals surface area contributed by atoms with Crippen molar-refractivity contribution in [3.8, 4) is 11.6 Å². The van der Waals surface area contributed by atoms with Crippen molar-refractivity contribution in [3.05, 3.63) is 34.6 Å². The molecule has 1 saturated heterocycles. The predicted octanol–water partition coefficient (Wildman–Crippen LogP) is 2.85. The maximum Gasteiger partial charge on any atom is 0.407 e. The van der Waals surface area contributed by atoms with Gasteiger partial charge in [0, 0.05) is 25.3 Å². The molecule has 4 heterocycles. The lowest BCUT2D eigenvalue weighted by Crippen LogP contribution is -2.49. The number of H-pyrrole nitrogens is 1. The summed E-state index contributed by atoms with van der Waals surface area (Å²) in [5.41, 5.74) is 1.31. The molecule has 140 valence electrons. The minimum Gasteiger partial charge on any atom is -0.465 e. The fraction of sp³-hybridized carbons (Fsp3) is 0.294. The van der Waals surface area contributed by atoms with E-state index in [2.05, 4.69) is 36.2 Å². The van der Waals surface area contributed by atoms with E-state index in [-0.39, 0.29) is 18.5 Å². The second kappa shape index (κ2) is 7.03. The van der Waals surface area contributed by atoms with Crippen LogP contribution in [0.4, 0.5) is 4.79 Å². The topological polar surface area (TPSA) is 124 Å². The van der Waals surface area contributed by atoms with Gasteiger partial charge in [0.15, 0.2) is 21.9 Å². The molecule has 1 atom stereocenters. The number of nitrogens with one attached hydrogen (secondary N) is 2. The lowest BCUT2D eigenvalue weighted by molar-refractivity contribution is 0.0890. The van der Waals surface area contributed by atoms with Gasteiger partial charge in [-0.05, 0) is 47.0 Å². The molecule has 27 heavy (non-hydrogen) atoms. The molecule has 0 aromatic carbocycles.